The van der Waals surface area contributed by atoms with Crippen LogP contribution in [0.5, 0.6) is 0 Å². The van der Waals surface area contributed by atoms with Gasteiger partial charge in [-0.25, -0.2) is 4.79 Å². The molecular formula is C23H29ClN4O3. The van der Waals surface area contributed by atoms with Gasteiger partial charge < -0.3 is 20.6 Å². The molecule has 0 unspecified atom stereocenters. The van der Waals surface area contributed by atoms with Crippen molar-refractivity contribution in [2.45, 2.75) is 31.9 Å². The second kappa shape index (κ2) is 10.1. The van der Waals surface area contributed by atoms with Crippen LogP contribution in [0.1, 0.15) is 31.7 Å². The van der Waals surface area contributed by atoms with Crippen molar-refractivity contribution in [2.24, 2.45) is 0 Å². The van der Waals surface area contributed by atoms with Gasteiger partial charge in [0.25, 0.3) is 11.6 Å². The van der Waals surface area contributed by atoms with Crippen LogP contribution in [0.4, 0.5) is 16.2 Å². The summed E-state index contributed by atoms with van der Waals surface area (Å²) in [5.74, 6) is -0.652. The van der Waals surface area contributed by atoms with Crippen LogP contribution in [-0.2, 0) is 10.5 Å². The molecule has 0 bridgehead atoms. The van der Waals surface area contributed by atoms with Crippen LogP contribution in [0.3, 0.4) is 0 Å². The highest BCUT2D eigenvalue weighted by atomic mass is 35.5. The number of carbonyl (C=O) groups excluding carboxylic acids is 2. The second-order valence-electron chi connectivity index (χ2n) is 7.73. The lowest BCUT2D eigenvalue weighted by Crippen LogP contribution is -2.62. The van der Waals surface area contributed by atoms with Gasteiger partial charge in [0.1, 0.15) is 0 Å². The number of anilines is 2. The summed E-state index contributed by atoms with van der Waals surface area (Å²) < 4.78 is 0. The number of hydrogen-bond acceptors (Lipinski definition) is 4. The lowest BCUT2D eigenvalue weighted by Gasteiger charge is -2.42. The van der Waals surface area contributed by atoms with E-state index in [0.29, 0.717) is 28.5 Å². The molecule has 1 aliphatic heterocycles. The largest absolute Gasteiger partial charge is 0.359 e. The predicted molar refractivity (Wildman–Crippen MR) is 123 cm³/mol. The van der Waals surface area contributed by atoms with Gasteiger partial charge in [0.15, 0.2) is 0 Å². The number of carbonyl (C=O) groups is 2. The van der Waals surface area contributed by atoms with E-state index in [1.54, 1.807) is 48.5 Å². The number of hydrogen-bond donors (Lipinski definition) is 3. The maximum Gasteiger partial charge on any atom is 0.329 e. The zero-order chi connectivity index (χ0) is 22.4. The van der Waals surface area contributed by atoms with Gasteiger partial charge in [-0.05, 0) is 63.3 Å². The standard InChI is InChI=1S/C23H29ClN4O3/c1-3-4-15-27(2)16-7-14-25-21(29)23(31)19-8-5-6-9-20(19)26-22(30)28(23)18-12-10-17(24)11-13-18/h5-6,8-13,31H,3-4,7,14-16H2,1-2H3,(H,25,29)(H,26,30)/t23-/m0/s1. The van der Waals surface area contributed by atoms with Crippen LogP contribution in [0.2, 0.25) is 5.02 Å². The second-order valence-corrected chi connectivity index (χ2v) is 8.16. The minimum Gasteiger partial charge on any atom is -0.359 e. The fourth-order valence-corrected chi connectivity index (χ4v) is 3.79. The Morgan fingerprint density at radius 3 is 2.55 bits per heavy atom. The number of urea groups is 1. The molecule has 0 saturated heterocycles. The molecule has 0 spiro atoms. The zero-order valence-electron chi connectivity index (χ0n) is 17.9. The topological polar surface area (TPSA) is 84.9 Å². The molecule has 8 heteroatoms. The molecule has 0 fully saturated rings. The van der Waals surface area contributed by atoms with E-state index in [0.717, 1.165) is 37.3 Å². The summed E-state index contributed by atoms with van der Waals surface area (Å²) in [6, 6.07) is 12.6. The summed E-state index contributed by atoms with van der Waals surface area (Å²) in [4.78, 5) is 29.5. The van der Waals surface area contributed by atoms with Crippen molar-refractivity contribution < 1.29 is 14.7 Å². The molecule has 3 rings (SSSR count). The first-order chi connectivity index (χ1) is 14.9. The van der Waals surface area contributed by atoms with E-state index in [9.17, 15) is 14.7 Å². The molecule has 2 aromatic carbocycles. The van der Waals surface area contributed by atoms with Crippen LogP contribution >= 0.6 is 11.6 Å². The normalized spacial score (nSPS) is 18.0. The summed E-state index contributed by atoms with van der Waals surface area (Å²) in [6.45, 7) is 4.37. The highest BCUT2D eigenvalue weighted by Gasteiger charge is 2.51. The van der Waals surface area contributed by atoms with Gasteiger partial charge in [-0.1, -0.05) is 43.1 Å². The average molecular weight is 445 g/mol. The number of amides is 3. The summed E-state index contributed by atoms with van der Waals surface area (Å²) in [5, 5.41) is 17.7. The SMILES string of the molecule is CCCCN(C)CCCNC(=O)[C@@]1(O)c2ccccc2NC(=O)N1c1ccc(Cl)cc1. The quantitative estimate of drug-likeness (QED) is 0.514. The highest BCUT2D eigenvalue weighted by molar-refractivity contribution is 6.30. The molecule has 3 N–H and O–H groups in total. The van der Waals surface area contributed by atoms with Crippen molar-refractivity contribution in [3.05, 3.63) is 59.1 Å². The molecule has 1 aliphatic rings. The third-order valence-corrected chi connectivity index (χ3v) is 5.62. The fraction of sp³-hybridized carbons (Fsp3) is 0.391. The number of nitrogens with zero attached hydrogens (tertiary/aromatic N) is 2. The number of benzene rings is 2. The Labute approximate surface area is 188 Å². The molecule has 31 heavy (non-hydrogen) atoms. The lowest BCUT2D eigenvalue weighted by molar-refractivity contribution is -0.140. The van der Waals surface area contributed by atoms with Crippen molar-refractivity contribution >= 4 is 34.9 Å². The highest BCUT2D eigenvalue weighted by Crippen LogP contribution is 2.39. The maximum absolute atomic E-state index is 13.3. The van der Waals surface area contributed by atoms with E-state index < -0.39 is 17.7 Å². The molecule has 0 radical (unpaired) electrons. The van der Waals surface area contributed by atoms with Gasteiger partial charge in [0.05, 0.1) is 5.69 Å². The first-order valence-corrected chi connectivity index (χ1v) is 10.9. The Kier molecular flexibility index (Phi) is 7.54. The molecule has 7 nitrogen and oxygen atoms in total. The molecular weight excluding hydrogens is 416 g/mol. The summed E-state index contributed by atoms with van der Waals surface area (Å²) in [6.07, 6.45) is 3.00. The van der Waals surface area contributed by atoms with Gasteiger partial charge in [0.2, 0.25) is 0 Å². The Morgan fingerprint density at radius 2 is 1.84 bits per heavy atom. The number of unbranched alkanes of at least 4 members (excludes halogenated alkanes) is 1. The summed E-state index contributed by atoms with van der Waals surface area (Å²) in [5.41, 5.74) is -1.13. The van der Waals surface area contributed by atoms with Crippen LogP contribution < -0.4 is 15.5 Å². The van der Waals surface area contributed by atoms with Gasteiger partial charge in [0, 0.05) is 22.8 Å². The van der Waals surface area contributed by atoms with Crippen LogP contribution in [0, 0.1) is 0 Å². The average Bonchev–Trinajstić information content (AvgIpc) is 2.76. The first-order valence-electron chi connectivity index (χ1n) is 10.5. The van der Waals surface area contributed by atoms with E-state index in [4.69, 9.17) is 11.6 Å². The van der Waals surface area contributed by atoms with E-state index in [1.165, 1.54) is 0 Å². The maximum atomic E-state index is 13.3. The third kappa shape index (κ3) is 5.01. The number of para-hydroxylation sites is 1. The van der Waals surface area contributed by atoms with Gasteiger partial charge in [-0.3, -0.25) is 9.69 Å². The van der Waals surface area contributed by atoms with Gasteiger partial charge >= 0.3 is 6.03 Å². The smallest absolute Gasteiger partial charge is 0.329 e. The van der Waals surface area contributed by atoms with Gasteiger partial charge in [-0.2, -0.15) is 0 Å². The number of rotatable bonds is 9. The van der Waals surface area contributed by atoms with Crippen LogP contribution in [0.25, 0.3) is 0 Å². The third-order valence-electron chi connectivity index (χ3n) is 5.37. The van der Waals surface area contributed by atoms with Crippen molar-refractivity contribution in [3.63, 3.8) is 0 Å². The first kappa shape index (κ1) is 23.1. The van der Waals surface area contributed by atoms with Crippen molar-refractivity contribution in [2.75, 3.05) is 36.9 Å². The molecule has 0 aliphatic carbocycles. The van der Waals surface area contributed by atoms with Crippen molar-refractivity contribution in [3.8, 4) is 0 Å². The molecule has 1 heterocycles. The monoisotopic (exact) mass is 444 g/mol. The zero-order valence-corrected chi connectivity index (χ0v) is 18.7. The number of halogens is 1. The molecule has 0 aromatic heterocycles. The summed E-state index contributed by atoms with van der Waals surface area (Å²) in [7, 11) is 2.05. The van der Waals surface area contributed by atoms with E-state index >= 15 is 0 Å². The number of fused-ring (bicyclic) bond motifs is 1. The molecule has 2 aromatic rings. The lowest BCUT2D eigenvalue weighted by atomic mass is 9.95. The number of aliphatic hydroxyl groups is 1. The van der Waals surface area contributed by atoms with E-state index in [-0.39, 0.29) is 0 Å². The van der Waals surface area contributed by atoms with Gasteiger partial charge in [-0.15, -0.1) is 0 Å². The fourth-order valence-electron chi connectivity index (χ4n) is 3.67. The molecule has 1 atom stereocenters. The van der Waals surface area contributed by atoms with Crippen molar-refractivity contribution in [1.29, 1.82) is 0 Å². The van der Waals surface area contributed by atoms with Crippen LogP contribution in [0.15, 0.2) is 48.5 Å². The Bertz CT molecular complexity index is 921. The summed E-state index contributed by atoms with van der Waals surface area (Å²) >= 11 is 5.98. The molecule has 166 valence electrons. The minimum atomic E-state index is -2.19. The Hall–Kier alpha value is -2.61. The van der Waals surface area contributed by atoms with E-state index in [1.807, 2.05) is 0 Å². The van der Waals surface area contributed by atoms with Crippen LogP contribution in [-0.4, -0.2) is 48.6 Å². The molecule has 3 amide bonds. The molecule has 0 saturated carbocycles. The van der Waals surface area contributed by atoms with Crippen molar-refractivity contribution in [1.82, 2.24) is 10.2 Å². The Balaban J connectivity index is 1.83. The Morgan fingerprint density at radius 1 is 1.16 bits per heavy atom. The predicted octanol–water partition coefficient (Wildman–Crippen LogP) is 3.78. The number of nitrogens with one attached hydrogen (secondary N) is 2. The minimum absolute atomic E-state index is 0.308. The van der Waals surface area contributed by atoms with E-state index in [2.05, 4.69) is 29.5 Å².